The molecule has 0 aliphatic carbocycles. The van der Waals surface area contributed by atoms with Crippen molar-refractivity contribution >= 4 is 0 Å². The highest BCUT2D eigenvalue weighted by atomic mass is 19.2. The van der Waals surface area contributed by atoms with Gasteiger partial charge in [-0.05, 0) is 67.8 Å². The lowest BCUT2D eigenvalue weighted by molar-refractivity contribution is 0.501. The molecule has 0 aliphatic heterocycles. The third-order valence-electron chi connectivity index (χ3n) is 3.59. The molecule has 2 aromatic rings. The second kappa shape index (κ2) is 6.76. The molecule has 0 saturated heterocycles. The summed E-state index contributed by atoms with van der Waals surface area (Å²) in [6.45, 7) is 4.44. The summed E-state index contributed by atoms with van der Waals surface area (Å²) in [5, 5.41) is 3.25. The van der Waals surface area contributed by atoms with Crippen LogP contribution in [0.25, 0.3) is 0 Å². The molecule has 1 unspecified atom stereocenters. The van der Waals surface area contributed by atoms with Crippen molar-refractivity contribution in [1.29, 1.82) is 0 Å². The van der Waals surface area contributed by atoms with Crippen LogP contribution in [0.1, 0.15) is 29.7 Å². The van der Waals surface area contributed by atoms with Gasteiger partial charge < -0.3 is 5.32 Å². The molecule has 2 aromatic carbocycles. The molecule has 112 valence electrons. The fraction of sp³-hybridized carbons (Fsp3) is 0.294. The average Bonchev–Trinajstić information content (AvgIpc) is 2.44. The number of hydrogen-bond acceptors (Lipinski definition) is 1. The van der Waals surface area contributed by atoms with Crippen LogP contribution in [-0.2, 0) is 6.42 Å². The van der Waals surface area contributed by atoms with Crippen LogP contribution in [0, 0.1) is 24.4 Å². The Morgan fingerprint density at radius 1 is 1.00 bits per heavy atom. The second-order valence-electron chi connectivity index (χ2n) is 5.17. The van der Waals surface area contributed by atoms with E-state index in [1.807, 2.05) is 13.8 Å². The summed E-state index contributed by atoms with van der Waals surface area (Å²) >= 11 is 0. The molecule has 0 amide bonds. The Bertz CT molecular complexity index is 625. The van der Waals surface area contributed by atoms with E-state index in [0.29, 0.717) is 12.1 Å². The zero-order valence-corrected chi connectivity index (χ0v) is 12.1. The van der Waals surface area contributed by atoms with Crippen LogP contribution >= 0.6 is 0 Å². The van der Waals surface area contributed by atoms with Crippen molar-refractivity contribution in [3.8, 4) is 0 Å². The summed E-state index contributed by atoms with van der Waals surface area (Å²) < 4.78 is 39.1. The normalized spacial score (nSPS) is 12.4. The lowest BCUT2D eigenvalue weighted by Gasteiger charge is -2.15. The lowest BCUT2D eigenvalue weighted by Crippen LogP contribution is -2.21. The molecule has 0 aromatic heterocycles. The smallest absolute Gasteiger partial charge is 0.159 e. The third kappa shape index (κ3) is 4.08. The number of rotatable bonds is 5. The zero-order valence-electron chi connectivity index (χ0n) is 12.1. The molecule has 0 spiro atoms. The molecule has 1 atom stereocenters. The van der Waals surface area contributed by atoms with E-state index < -0.39 is 11.6 Å². The van der Waals surface area contributed by atoms with Gasteiger partial charge in [0.2, 0.25) is 0 Å². The van der Waals surface area contributed by atoms with Crippen molar-refractivity contribution in [1.82, 2.24) is 5.32 Å². The maximum absolute atomic E-state index is 13.2. The van der Waals surface area contributed by atoms with Crippen LogP contribution in [0.15, 0.2) is 36.4 Å². The Morgan fingerprint density at radius 2 is 1.76 bits per heavy atom. The fourth-order valence-corrected chi connectivity index (χ4v) is 2.26. The summed E-state index contributed by atoms with van der Waals surface area (Å²) in [5.41, 5.74) is 2.68. The monoisotopic (exact) mass is 293 g/mol. The topological polar surface area (TPSA) is 12.0 Å². The van der Waals surface area contributed by atoms with Crippen LogP contribution in [-0.4, -0.2) is 6.54 Å². The van der Waals surface area contributed by atoms with E-state index in [2.05, 4.69) is 5.32 Å². The van der Waals surface area contributed by atoms with Crippen LogP contribution in [0.4, 0.5) is 13.2 Å². The summed E-state index contributed by atoms with van der Waals surface area (Å²) in [7, 11) is 0. The van der Waals surface area contributed by atoms with Gasteiger partial charge in [-0.25, -0.2) is 13.2 Å². The maximum Gasteiger partial charge on any atom is 0.159 e. The summed E-state index contributed by atoms with van der Waals surface area (Å²) in [5.74, 6) is -1.91. The van der Waals surface area contributed by atoms with Gasteiger partial charge in [-0.15, -0.1) is 0 Å². The molecule has 0 bridgehead atoms. The molecular formula is C17H18F3N. The Labute approximate surface area is 122 Å². The highest BCUT2D eigenvalue weighted by molar-refractivity contribution is 5.27. The molecule has 0 aliphatic rings. The van der Waals surface area contributed by atoms with Crippen molar-refractivity contribution < 1.29 is 13.2 Å². The quantitative estimate of drug-likeness (QED) is 0.866. The highest BCUT2D eigenvalue weighted by Crippen LogP contribution is 2.16. The Morgan fingerprint density at radius 3 is 2.43 bits per heavy atom. The Kier molecular flexibility index (Phi) is 5.02. The van der Waals surface area contributed by atoms with Crippen molar-refractivity contribution in [2.45, 2.75) is 26.3 Å². The van der Waals surface area contributed by atoms with E-state index in [-0.39, 0.29) is 11.9 Å². The molecule has 1 nitrogen and oxygen atoms in total. The minimum absolute atomic E-state index is 0.0825. The first-order valence-electron chi connectivity index (χ1n) is 6.90. The maximum atomic E-state index is 13.2. The van der Waals surface area contributed by atoms with Gasteiger partial charge in [0.05, 0.1) is 0 Å². The standard InChI is InChI=1S/C17H18F3N/c1-11-9-15(18)5-3-13(11)7-8-21-12(2)14-4-6-16(19)17(20)10-14/h3-6,9-10,12,21H,7-8H2,1-2H3. The summed E-state index contributed by atoms with van der Waals surface area (Å²) in [4.78, 5) is 0. The Hall–Kier alpha value is -1.81. The van der Waals surface area contributed by atoms with Crippen molar-refractivity contribution in [2.24, 2.45) is 0 Å². The van der Waals surface area contributed by atoms with Crippen molar-refractivity contribution in [3.63, 3.8) is 0 Å². The van der Waals surface area contributed by atoms with E-state index in [9.17, 15) is 13.2 Å². The second-order valence-corrected chi connectivity index (χ2v) is 5.17. The van der Waals surface area contributed by atoms with E-state index in [4.69, 9.17) is 0 Å². The minimum atomic E-state index is -0.840. The molecule has 2 rings (SSSR count). The van der Waals surface area contributed by atoms with Crippen LogP contribution in [0.3, 0.4) is 0 Å². The molecule has 1 N–H and O–H groups in total. The number of halogens is 3. The summed E-state index contributed by atoms with van der Waals surface area (Å²) in [6, 6.07) is 8.55. The van der Waals surface area contributed by atoms with Gasteiger partial charge >= 0.3 is 0 Å². The van der Waals surface area contributed by atoms with Gasteiger partial charge in [-0.3, -0.25) is 0 Å². The first-order chi connectivity index (χ1) is 9.97. The highest BCUT2D eigenvalue weighted by Gasteiger charge is 2.09. The lowest BCUT2D eigenvalue weighted by atomic mass is 10.0. The molecule has 0 heterocycles. The molecule has 0 radical (unpaired) electrons. The predicted molar refractivity (Wildman–Crippen MR) is 77.6 cm³/mol. The number of aryl methyl sites for hydroxylation is 1. The van der Waals surface area contributed by atoms with E-state index >= 15 is 0 Å². The molecule has 4 heteroatoms. The largest absolute Gasteiger partial charge is 0.310 e. The van der Waals surface area contributed by atoms with Gasteiger partial charge in [0.15, 0.2) is 11.6 Å². The van der Waals surface area contributed by atoms with Crippen LogP contribution in [0.2, 0.25) is 0 Å². The predicted octanol–water partition coefficient (Wildman–Crippen LogP) is 4.31. The van der Waals surface area contributed by atoms with Crippen LogP contribution in [0.5, 0.6) is 0 Å². The molecular weight excluding hydrogens is 275 g/mol. The Balaban J connectivity index is 1.92. The average molecular weight is 293 g/mol. The molecule has 0 saturated carbocycles. The zero-order chi connectivity index (χ0) is 15.4. The third-order valence-corrected chi connectivity index (χ3v) is 3.59. The fourth-order valence-electron chi connectivity index (χ4n) is 2.26. The van der Waals surface area contributed by atoms with Gasteiger partial charge in [0.1, 0.15) is 5.82 Å². The van der Waals surface area contributed by atoms with Gasteiger partial charge in [-0.1, -0.05) is 12.1 Å². The first kappa shape index (κ1) is 15.6. The van der Waals surface area contributed by atoms with Gasteiger partial charge in [0.25, 0.3) is 0 Å². The SMILES string of the molecule is Cc1cc(F)ccc1CCNC(C)c1ccc(F)c(F)c1. The summed E-state index contributed by atoms with van der Waals surface area (Å²) in [6.07, 6.45) is 0.750. The van der Waals surface area contributed by atoms with Crippen LogP contribution < -0.4 is 5.32 Å². The first-order valence-corrected chi connectivity index (χ1v) is 6.90. The van der Waals surface area contributed by atoms with Gasteiger partial charge in [0, 0.05) is 6.04 Å². The van der Waals surface area contributed by atoms with E-state index in [1.54, 1.807) is 12.1 Å². The number of hydrogen-bond donors (Lipinski definition) is 1. The number of benzene rings is 2. The minimum Gasteiger partial charge on any atom is -0.310 e. The van der Waals surface area contributed by atoms with Crippen molar-refractivity contribution in [2.75, 3.05) is 6.54 Å². The number of nitrogens with one attached hydrogen (secondary N) is 1. The van der Waals surface area contributed by atoms with Crippen molar-refractivity contribution in [3.05, 3.63) is 70.5 Å². The molecule has 0 fully saturated rings. The van der Waals surface area contributed by atoms with E-state index in [1.165, 1.54) is 18.2 Å². The molecule has 21 heavy (non-hydrogen) atoms. The van der Waals surface area contributed by atoms with E-state index in [0.717, 1.165) is 23.6 Å². The van der Waals surface area contributed by atoms with Gasteiger partial charge in [-0.2, -0.15) is 0 Å².